The van der Waals surface area contributed by atoms with Gasteiger partial charge >= 0.3 is 0 Å². The van der Waals surface area contributed by atoms with Crippen molar-refractivity contribution in [2.45, 2.75) is 25.3 Å². The molecule has 0 radical (unpaired) electrons. The normalized spacial score (nSPS) is 24.7. The van der Waals surface area contributed by atoms with Gasteiger partial charge in [-0.3, -0.25) is 9.59 Å². The second kappa shape index (κ2) is 6.52. The summed E-state index contributed by atoms with van der Waals surface area (Å²) in [6.07, 6.45) is 4.91. The molecule has 0 saturated carbocycles. The Morgan fingerprint density at radius 1 is 1.36 bits per heavy atom. The quantitative estimate of drug-likeness (QED) is 0.844. The second-order valence-corrected chi connectivity index (χ2v) is 6.31. The van der Waals surface area contributed by atoms with E-state index in [1.807, 2.05) is 34.8 Å². The van der Waals surface area contributed by atoms with Gasteiger partial charge in [-0.2, -0.15) is 0 Å². The predicted octanol–water partition coefficient (Wildman–Crippen LogP) is 0.355. The van der Waals surface area contributed by atoms with Gasteiger partial charge in [0.1, 0.15) is 5.69 Å². The molecule has 0 aromatic carbocycles. The van der Waals surface area contributed by atoms with Gasteiger partial charge in [0, 0.05) is 39.4 Å². The average Bonchev–Trinajstić information content (AvgIpc) is 3.25. The molecule has 22 heavy (non-hydrogen) atoms. The van der Waals surface area contributed by atoms with Crippen LogP contribution in [0.1, 0.15) is 29.8 Å². The Morgan fingerprint density at radius 2 is 2.14 bits per heavy atom. The lowest BCUT2D eigenvalue weighted by Crippen LogP contribution is -2.42. The number of aryl methyl sites for hydroxylation is 1. The van der Waals surface area contributed by atoms with Crippen LogP contribution in [-0.4, -0.2) is 53.5 Å². The van der Waals surface area contributed by atoms with E-state index in [1.54, 1.807) is 0 Å². The smallest absolute Gasteiger partial charge is 0.267 e. The molecule has 3 heterocycles. The minimum atomic E-state index is -0.0740. The lowest BCUT2D eigenvalue weighted by molar-refractivity contribution is -0.132. The first-order chi connectivity index (χ1) is 10.6. The number of amides is 2. The second-order valence-electron chi connectivity index (χ2n) is 6.31. The molecule has 0 spiro atoms. The summed E-state index contributed by atoms with van der Waals surface area (Å²) in [5, 5.41) is 6.28. The van der Waals surface area contributed by atoms with Crippen molar-refractivity contribution in [2.75, 3.05) is 26.2 Å². The molecule has 1 aromatic heterocycles. The molecule has 2 amide bonds. The maximum Gasteiger partial charge on any atom is 0.267 e. The number of hydrogen-bond acceptors (Lipinski definition) is 3. The predicted molar refractivity (Wildman–Crippen MR) is 83.5 cm³/mol. The summed E-state index contributed by atoms with van der Waals surface area (Å²) >= 11 is 0. The summed E-state index contributed by atoms with van der Waals surface area (Å²) < 4.78 is 1.81. The molecule has 0 bridgehead atoms. The first-order valence-electron chi connectivity index (χ1n) is 8.07. The van der Waals surface area contributed by atoms with Crippen LogP contribution in [0.25, 0.3) is 0 Å². The van der Waals surface area contributed by atoms with E-state index in [9.17, 15) is 9.59 Å². The topological polar surface area (TPSA) is 66.4 Å². The Labute approximate surface area is 130 Å². The fraction of sp³-hybridized carbons (Fsp3) is 0.625. The van der Waals surface area contributed by atoms with E-state index < -0.39 is 0 Å². The van der Waals surface area contributed by atoms with Crippen LogP contribution in [0.5, 0.6) is 0 Å². The van der Waals surface area contributed by atoms with Crippen molar-refractivity contribution < 1.29 is 9.59 Å². The van der Waals surface area contributed by atoms with Crippen LogP contribution in [0.15, 0.2) is 18.3 Å². The fourth-order valence-electron chi connectivity index (χ4n) is 3.34. The van der Waals surface area contributed by atoms with Gasteiger partial charge in [-0.1, -0.05) is 0 Å². The van der Waals surface area contributed by atoms with Crippen LogP contribution in [0.4, 0.5) is 0 Å². The van der Waals surface area contributed by atoms with Gasteiger partial charge in [-0.15, -0.1) is 0 Å². The highest BCUT2D eigenvalue weighted by Gasteiger charge is 2.33. The molecule has 2 aliphatic rings. The summed E-state index contributed by atoms with van der Waals surface area (Å²) in [6, 6.07) is 3.59. The van der Waals surface area contributed by atoms with E-state index in [1.165, 1.54) is 0 Å². The number of rotatable bonds is 4. The van der Waals surface area contributed by atoms with Crippen LogP contribution in [-0.2, 0) is 11.8 Å². The number of nitrogens with one attached hydrogen (secondary N) is 2. The molecule has 1 aromatic rings. The van der Waals surface area contributed by atoms with Crippen molar-refractivity contribution >= 4 is 11.8 Å². The van der Waals surface area contributed by atoms with Crippen molar-refractivity contribution in [1.82, 2.24) is 20.1 Å². The van der Waals surface area contributed by atoms with Gasteiger partial charge in [0.2, 0.25) is 5.91 Å². The Morgan fingerprint density at radius 3 is 2.82 bits per heavy atom. The van der Waals surface area contributed by atoms with Crippen LogP contribution in [0.3, 0.4) is 0 Å². The monoisotopic (exact) mass is 304 g/mol. The van der Waals surface area contributed by atoms with Crippen molar-refractivity contribution in [3.8, 4) is 0 Å². The van der Waals surface area contributed by atoms with Crippen molar-refractivity contribution in [2.24, 2.45) is 13.0 Å². The van der Waals surface area contributed by atoms with Crippen molar-refractivity contribution in [3.63, 3.8) is 0 Å². The number of carbonyl (C=O) groups excluding carboxylic acids is 2. The third-order valence-electron chi connectivity index (χ3n) is 4.67. The van der Waals surface area contributed by atoms with Gasteiger partial charge in [0.25, 0.3) is 5.91 Å². The summed E-state index contributed by atoms with van der Waals surface area (Å²) in [7, 11) is 1.86. The fourth-order valence-corrected chi connectivity index (χ4v) is 3.34. The molecular weight excluding hydrogens is 280 g/mol. The Balaban J connectivity index is 1.46. The van der Waals surface area contributed by atoms with E-state index in [0.717, 1.165) is 38.9 Å². The molecule has 0 aliphatic carbocycles. The van der Waals surface area contributed by atoms with Gasteiger partial charge in [-0.25, -0.2) is 0 Å². The Bertz CT molecular complexity index is 548. The molecule has 6 nitrogen and oxygen atoms in total. The number of carbonyl (C=O) groups is 2. The molecule has 2 fully saturated rings. The molecule has 6 heteroatoms. The zero-order valence-electron chi connectivity index (χ0n) is 13.0. The lowest BCUT2D eigenvalue weighted by atomic mass is 10.0. The molecule has 0 unspecified atom stereocenters. The molecule has 2 atom stereocenters. The average molecular weight is 304 g/mol. The minimum absolute atomic E-state index is 0.0539. The highest BCUT2D eigenvalue weighted by molar-refractivity contribution is 5.92. The summed E-state index contributed by atoms with van der Waals surface area (Å²) in [4.78, 5) is 26.4. The maximum atomic E-state index is 12.3. The maximum absolute atomic E-state index is 12.3. The Hall–Kier alpha value is -1.82. The third-order valence-corrected chi connectivity index (χ3v) is 4.67. The third kappa shape index (κ3) is 3.16. The number of aromatic nitrogens is 1. The highest BCUT2D eigenvalue weighted by atomic mass is 16.2. The summed E-state index contributed by atoms with van der Waals surface area (Å²) in [5.41, 5.74) is 0.663. The summed E-state index contributed by atoms with van der Waals surface area (Å²) in [6.45, 7) is 3.19. The van der Waals surface area contributed by atoms with E-state index in [4.69, 9.17) is 0 Å². The molecule has 2 N–H and O–H groups in total. The summed E-state index contributed by atoms with van der Waals surface area (Å²) in [5.74, 6) is 0.497. The lowest BCUT2D eigenvalue weighted by Gasteiger charge is -2.20. The van der Waals surface area contributed by atoms with E-state index in [-0.39, 0.29) is 17.9 Å². The van der Waals surface area contributed by atoms with Gasteiger partial charge in [-0.05, 0) is 37.3 Å². The minimum Gasteiger partial charge on any atom is -0.350 e. The zero-order valence-corrected chi connectivity index (χ0v) is 13.0. The number of likely N-dealkylation sites (tertiary alicyclic amines) is 1. The van der Waals surface area contributed by atoms with E-state index in [2.05, 4.69) is 10.6 Å². The van der Waals surface area contributed by atoms with Gasteiger partial charge < -0.3 is 20.1 Å². The SMILES string of the molecule is Cn1cccc1C(=O)NC[C@@H]1CN[C@H](C(=O)N2CCCC2)C1. The molecule has 2 aliphatic heterocycles. The van der Waals surface area contributed by atoms with E-state index >= 15 is 0 Å². The Kier molecular flexibility index (Phi) is 4.47. The first kappa shape index (κ1) is 15.1. The molecule has 2 saturated heterocycles. The van der Waals surface area contributed by atoms with Crippen molar-refractivity contribution in [3.05, 3.63) is 24.0 Å². The van der Waals surface area contributed by atoms with E-state index in [0.29, 0.717) is 18.2 Å². The van der Waals surface area contributed by atoms with Crippen LogP contribution in [0, 0.1) is 5.92 Å². The number of nitrogens with zero attached hydrogens (tertiary/aromatic N) is 2. The van der Waals surface area contributed by atoms with Crippen LogP contribution < -0.4 is 10.6 Å². The van der Waals surface area contributed by atoms with Crippen LogP contribution in [0.2, 0.25) is 0 Å². The van der Waals surface area contributed by atoms with Gasteiger partial charge in [0.15, 0.2) is 0 Å². The molecular formula is C16H24N4O2. The molecule has 3 rings (SSSR count). The first-order valence-corrected chi connectivity index (χ1v) is 8.07. The van der Waals surface area contributed by atoms with Crippen molar-refractivity contribution in [1.29, 1.82) is 0 Å². The standard InChI is InChI=1S/C16H24N4O2/c1-19-6-4-5-14(19)15(21)18-11-12-9-13(17-10-12)16(22)20-7-2-3-8-20/h4-6,12-13,17H,2-3,7-11H2,1H3,(H,18,21)/t12-,13-/m0/s1. The molecule has 120 valence electrons. The van der Waals surface area contributed by atoms with Gasteiger partial charge in [0.05, 0.1) is 6.04 Å². The largest absolute Gasteiger partial charge is 0.350 e. The highest BCUT2D eigenvalue weighted by Crippen LogP contribution is 2.18. The number of hydrogen-bond donors (Lipinski definition) is 2. The van der Waals surface area contributed by atoms with Crippen LogP contribution >= 0.6 is 0 Å². The zero-order chi connectivity index (χ0) is 15.5.